The third-order valence-corrected chi connectivity index (χ3v) is 7.27. The summed E-state index contributed by atoms with van der Waals surface area (Å²) in [6.07, 6.45) is 5.34. The molecule has 2 atom stereocenters. The molecule has 6 rings (SSSR count). The van der Waals surface area contributed by atoms with Crippen molar-refractivity contribution in [1.29, 1.82) is 0 Å². The van der Waals surface area contributed by atoms with Gasteiger partial charge in [0, 0.05) is 5.02 Å². The van der Waals surface area contributed by atoms with Crippen molar-refractivity contribution in [2.24, 2.45) is 23.2 Å². The number of halogens is 3. The number of carbonyl (C=O) groups is 2. The van der Waals surface area contributed by atoms with Crippen LogP contribution >= 0.6 is 11.6 Å². The van der Waals surface area contributed by atoms with Crippen LogP contribution in [0.1, 0.15) is 42.5 Å². The Kier molecular flexibility index (Phi) is 3.65. The minimum atomic E-state index is -2.83. The maximum Gasteiger partial charge on any atom is 0.282 e. The normalized spacial score (nSPS) is 35.2. The molecule has 144 valence electrons. The number of hydrogen-bond acceptors (Lipinski definition) is 2. The van der Waals surface area contributed by atoms with E-state index in [1.807, 2.05) is 0 Å². The maximum atomic E-state index is 13.2. The van der Waals surface area contributed by atoms with Gasteiger partial charge in [-0.25, -0.2) is 8.78 Å². The van der Waals surface area contributed by atoms with E-state index in [0.29, 0.717) is 28.5 Å². The Morgan fingerprint density at radius 2 is 1.78 bits per heavy atom. The number of nitrogens with zero attached hydrogens (tertiary/aromatic N) is 1. The number of carbonyl (C=O) groups excluding carboxylic acids is 2. The number of amides is 2. The SMILES string of the molecule is O=C(c1cc(Cl)ccc1NC(=O)C12CC3CC(CC1C3)C2)N1CC(F)(F)C1. The molecule has 2 unspecified atom stereocenters. The van der Waals surface area contributed by atoms with Crippen molar-refractivity contribution in [3.63, 3.8) is 0 Å². The highest BCUT2D eigenvalue weighted by atomic mass is 35.5. The van der Waals surface area contributed by atoms with Crippen molar-refractivity contribution < 1.29 is 18.4 Å². The molecule has 0 spiro atoms. The Hall–Kier alpha value is -1.69. The molecule has 4 saturated carbocycles. The lowest BCUT2D eigenvalue weighted by Gasteiger charge is -2.39. The molecule has 5 aliphatic rings. The topological polar surface area (TPSA) is 49.4 Å². The largest absolute Gasteiger partial charge is 0.326 e. The van der Waals surface area contributed by atoms with E-state index >= 15 is 0 Å². The first-order valence-electron chi connectivity index (χ1n) is 9.54. The van der Waals surface area contributed by atoms with Crippen LogP contribution in [0.3, 0.4) is 0 Å². The summed E-state index contributed by atoms with van der Waals surface area (Å²) < 4.78 is 26.3. The van der Waals surface area contributed by atoms with Gasteiger partial charge in [-0.3, -0.25) is 9.59 Å². The standard InChI is InChI=1S/C20H21ClF2N2O2/c21-14-1-2-16(15(6-14)17(26)25-9-20(22,23)10-25)24-18(27)19-7-11-3-12(8-19)5-13(19)4-11/h1-2,6,11-13H,3-5,7-10H2,(H,24,27). The van der Waals surface area contributed by atoms with E-state index in [2.05, 4.69) is 5.32 Å². The zero-order chi connectivity index (χ0) is 19.0. The molecule has 1 heterocycles. The summed E-state index contributed by atoms with van der Waals surface area (Å²) in [5.74, 6) is -1.66. The van der Waals surface area contributed by atoms with Gasteiger partial charge in [0.05, 0.1) is 29.8 Å². The van der Waals surface area contributed by atoms with E-state index < -0.39 is 24.9 Å². The summed E-state index contributed by atoms with van der Waals surface area (Å²) in [7, 11) is 0. The minimum absolute atomic E-state index is 0.0255. The second-order valence-electron chi connectivity index (χ2n) is 8.86. The van der Waals surface area contributed by atoms with Crippen LogP contribution in [0.15, 0.2) is 18.2 Å². The molecule has 2 amide bonds. The Labute approximate surface area is 161 Å². The number of hydrogen-bond donors (Lipinski definition) is 1. The molecule has 7 heteroatoms. The highest BCUT2D eigenvalue weighted by Gasteiger charge is 2.61. The molecular weight excluding hydrogens is 374 g/mol. The van der Waals surface area contributed by atoms with Gasteiger partial charge in [-0.1, -0.05) is 11.6 Å². The van der Waals surface area contributed by atoms with Crippen LogP contribution in [0, 0.1) is 23.2 Å². The molecule has 5 fully saturated rings. The molecule has 27 heavy (non-hydrogen) atoms. The van der Waals surface area contributed by atoms with Crippen LogP contribution < -0.4 is 5.32 Å². The smallest absolute Gasteiger partial charge is 0.282 e. The Morgan fingerprint density at radius 1 is 1.11 bits per heavy atom. The van der Waals surface area contributed by atoms with Gasteiger partial charge in [-0.2, -0.15) is 0 Å². The first-order chi connectivity index (χ1) is 12.8. The lowest BCUT2D eigenvalue weighted by Crippen LogP contribution is -2.58. The molecule has 4 bridgehead atoms. The third-order valence-electron chi connectivity index (χ3n) is 7.03. The molecular formula is C20H21ClF2N2O2. The molecule has 1 saturated heterocycles. The van der Waals surface area contributed by atoms with Crippen molar-refractivity contribution in [3.8, 4) is 0 Å². The van der Waals surface area contributed by atoms with E-state index in [1.165, 1.54) is 12.5 Å². The minimum Gasteiger partial charge on any atom is -0.326 e. The lowest BCUT2D eigenvalue weighted by atomic mass is 9.75. The fraction of sp³-hybridized carbons (Fsp3) is 0.600. The average Bonchev–Trinajstić information content (AvgIpc) is 2.99. The number of rotatable bonds is 3. The number of alkyl halides is 2. The predicted molar refractivity (Wildman–Crippen MR) is 96.9 cm³/mol. The summed E-state index contributed by atoms with van der Waals surface area (Å²) in [6.45, 7) is -1.19. The molecule has 1 aromatic carbocycles. The van der Waals surface area contributed by atoms with Crippen molar-refractivity contribution in [3.05, 3.63) is 28.8 Å². The average molecular weight is 395 g/mol. The van der Waals surface area contributed by atoms with Gasteiger partial charge in [0.2, 0.25) is 5.91 Å². The van der Waals surface area contributed by atoms with Crippen LogP contribution in [0.25, 0.3) is 0 Å². The molecule has 0 radical (unpaired) electrons. The van der Waals surface area contributed by atoms with Gasteiger partial charge in [0.1, 0.15) is 0 Å². The Bertz CT molecular complexity index is 821. The molecule has 4 nitrogen and oxygen atoms in total. The predicted octanol–water partition coefficient (Wildman–Crippen LogP) is 4.20. The monoisotopic (exact) mass is 394 g/mol. The Balaban J connectivity index is 1.39. The molecule has 0 aromatic heterocycles. The first kappa shape index (κ1) is 17.4. The number of benzene rings is 1. The van der Waals surface area contributed by atoms with E-state index in [1.54, 1.807) is 12.1 Å². The number of anilines is 1. The van der Waals surface area contributed by atoms with Crippen molar-refractivity contribution in [2.45, 2.75) is 38.0 Å². The maximum absolute atomic E-state index is 13.2. The van der Waals surface area contributed by atoms with Gasteiger partial charge in [0.15, 0.2) is 0 Å². The van der Waals surface area contributed by atoms with E-state index in [9.17, 15) is 18.4 Å². The van der Waals surface area contributed by atoms with E-state index in [-0.39, 0.29) is 16.9 Å². The van der Waals surface area contributed by atoms with Gasteiger partial charge >= 0.3 is 0 Å². The van der Waals surface area contributed by atoms with Crippen LogP contribution in [0.2, 0.25) is 5.02 Å². The summed E-state index contributed by atoms with van der Waals surface area (Å²) in [4.78, 5) is 27.0. The number of nitrogens with one attached hydrogen (secondary N) is 1. The summed E-state index contributed by atoms with van der Waals surface area (Å²) in [5.41, 5.74) is 0.225. The molecule has 1 aromatic rings. The van der Waals surface area contributed by atoms with Crippen molar-refractivity contribution in [1.82, 2.24) is 4.90 Å². The fourth-order valence-corrected chi connectivity index (χ4v) is 6.21. The van der Waals surface area contributed by atoms with Gasteiger partial charge in [-0.05, 0) is 68.1 Å². The van der Waals surface area contributed by atoms with Crippen molar-refractivity contribution in [2.75, 3.05) is 18.4 Å². The van der Waals surface area contributed by atoms with Crippen LogP contribution in [0.4, 0.5) is 14.5 Å². The number of likely N-dealkylation sites (tertiary alicyclic amines) is 1. The second-order valence-corrected chi connectivity index (χ2v) is 9.30. The molecule has 4 aliphatic carbocycles. The van der Waals surface area contributed by atoms with Gasteiger partial charge in [0.25, 0.3) is 11.8 Å². The fourth-order valence-electron chi connectivity index (χ4n) is 6.04. The quantitative estimate of drug-likeness (QED) is 0.835. The summed E-state index contributed by atoms with van der Waals surface area (Å²) in [5, 5.41) is 3.29. The van der Waals surface area contributed by atoms with Crippen molar-refractivity contribution >= 4 is 29.1 Å². The molecule has 1 aliphatic heterocycles. The zero-order valence-electron chi connectivity index (χ0n) is 14.8. The third kappa shape index (κ3) is 2.67. The van der Waals surface area contributed by atoms with E-state index in [0.717, 1.165) is 30.6 Å². The highest BCUT2D eigenvalue weighted by molar-refractivity contribution is 6.31. The van der Waals surface area contributed by atoms with Gasteiger partial charge in [-0.15, -0.1) is 0 Å². The molecule has 1 N–H and O–H groups in total. The summed E-state index contributed by atoms with van der Waals surface area (Å²) in [6, 6.07) is 4.65. The first-order valence-corrected chi connectivity index (χ1v) is 9.92. The van der Waals surface area contributed by atoms with E-state index in [4.69, 9.17) is 11.6 Å². The Morgan fingerprint density at radius 3 is 2.41 bits per heavy atom. The lowest BCUT2D eigenvalue weighted by molar-refractivity contribution is -0.127. The zero-order valence-corrected chi connectivity index (χ0v) is 15.6. The van der Waals surface area contributed by atoms with Crippen LogP contribution in [0.5, 0.6) is 0 Å². The second kappa shape index (κ2) is 5.66. The highest BCUT2D eigenvalue weighted by Crippen LogP contribution is 2.65. The van der Waals surface area contributed by atoms with Crippen LogP contribution in [-0.4, -0.2) is 35.7 Å². The summed E-state index contributed by atoms with van der Waals surface area (Å²) >= 11 is 6.03. The van der Waals surface area contributed by atoms with Crippen LogP contribution in [-0.2, 0) is 4.79 Å². The van der Waals surface area contributed by atoms with Gasteiger partial charge < -0.3 is 10.2 Å².